The third kappa shape index (κ3) is 3.31. The van der Waals surface area contributed by atoms with Crippen molar-refractivity contribution < 1.29 is 13.7 Å². The van der Waals surface area contributed by atoms with Crippen LogP contribution in [0.1, 0.15) is 16.2 Å². The Balaban J connectivity index is 1.92. The van der Waals surface area contributed by atoms with Gasteiger partial charge in [-0.05, 0) is 37.3 Å². The lowest BCUT2D eigenvalue weighted by atomic mass is 10.1. The standard InChI is InChI=1S/C15H11FN4O3/c1-8-6-13(20-23-8)19-14(21)12-7-11(17-15(22)18-12)9-2-4-10(16)5-3-9/h2-7H,1H3,(H,17,18,22)(H,19,20,21). The minimum atomic E-state index is -0.687. The van der Waals surface area contributed by atoms with Gasteiger partial charge in [0.05, 0.1) is 5.69 Å². The zero-order valence-corrected chi connectivity index (χ0v) is 12.0. The number of hydrogen-bond acceptors (Lipinski definition) is 5. The maximum absolute atomic E-state index is 13.0. The maximum atomic E-state index is 13.0. The molecule has 7 nitrogen and oxygen atoms in total. The summed E-state index contributed by atoms with van der Waals surface area (Å²) in [5, 5.41) is 6.13. The summed E-state index contributed by atoms with van der Waals surface area (Å²) >= 11 is 0. The van der Waals surface area contributed by atoms with E-state index < -0.39 is 17.4 Å². The van der Waals surface area contributed by atoms with Gasteiger partial charge in [-0.25, -0.2) is 9.18 Å². The predicted molar refractivity (Wildman–Crippen MR) is 79.4 cm³/mol. The third-order valence-electron chi connectivity index (χ3n) is 3.00. The largest absolute Gasteiger partial charge is 0.360 e. The number of H-pyrrole nitrogens is 1. The molecule has 3 aromatic rings. The molecule has 23 heavy (non-hydrogen) atoms. The molecule has 0 unspecified atom stereocenters. The number of nitrogens with zero attached hydrogens (tertiary/aromatic N) is 2. The van der Waals surface area contributed by atoms with Gasteiger partial charge in [0.1, 0.15) is 17.3 Å². The van der Waals surface area contributed by atoms with Crippen LogP contribution < -0.4 is 11.0 Å². The van der Waals surface area contributed by atoms with E-state index in [1.54, 1.807) is 6.92 Å². The van der Waals surface area contributed by atoms with Gasteiger partial charge in [-0.2, -0.15) is 4.98 Å². The lowest BCUT2D eigenvalue weighted by Crippen LogP contribution is -2.21. The minimum Gasteiger partial charge on any atom is -0.360 e. The molecule has 3 rings (SSSR count). The highest BCUT2D eigenvalue weighted by atomic mass is 19.1. The second kappa shape index (κ2) is 5.84. The molecule has 0 fully saturated rings. The number of aromatic amines is 1. The molecule has 1 aromatic carbocycles. The summed E-state index contributed by atoms with van der Waals surface area (Å²) in [6.45, 7) is 1.68. The number of aromatic nitrogens is 3. The zero-order valence-electron chi connectivity index (χ0n) is 12.0. The van der Waals surface area contributed by atoms with Crippen molar-refractivity contribution in [2.75, 3.05) is 5.32 Å². The first-order valence-corrected chi connectivity index (χ1v) is 6.63. The van der Waals surface area contributed by atoms with Crippen LogP contribution in [0.2, 0.25) is 0 Å². The molecule has 0 aliphatic rings. The van der Waals surface area contributed by atoms with Crippen LogP contribution in [0.15, 0.2) is 45.7 Å². The topological polar surface area (TPSA) is 101 Å². The summed E-state index contributed by atoms with van der Waals surface area (Å²) in [5.74, 6) is -0.205. The number of carbonyl (C=O) groups excluding carboxylic acids is 1. The number of hydrogen-bond donors (Lipinski definition) is 2. The smallest absolute Gasteiger partial charge is 0.346 e. The Bertz CT molecular complexity index is 915. The summed E-state index contributed by atoms with van der Waals surface area (Å²) in [6.07, 6.45) is 0. The van der Waals surface area contributed by atoms with E-state index in [0.29, 0.717) is 11.3 Å². The highest BCUT2D eigenvalue weighted by Gasteiger charge is 2.12. The zero-order chi connectivity index (χ0) is 16.4. The molecule has 0 radical (unpaired) electrons. The van der Waals surface area contributed by atoms with Crippen LogP contribution >= 0.6 is 0 Å². The molecular formula is C15H11FN4O3. The molecule has 0 saturated heterocycles. The van der Waals surface area contributed by atoms with E-state index in [-0.39, 0.29) is 17.2 Å². The Morgan fingerprint density at radius 3 is 2.65 bits per heavy atom. The summed E-state index contributed by atoms with van der Waals surface area (Å²) in [7, 11) is 0. The number of benzene rings is 1. The third-order valence-corrected chi connectivity index (χ3v) is 3.00. The average Bonchev–Trinajstić information content (AvgIpc) is 2.92. The van der Waals surface area contributed by atoms with Gasteiger partial charge in [0.15, 0.2) is 5.82 Å². The molecule has 0 bridgehead atoms. The van der Waals surface area contributed by atoms with E-state index in [2.05, 4.69) is 20.4 Å². The molecular weight excluding hydrogens is 303 g/mol. The van der Waals surface area contributed by atoms with Crippen molar-refractivity contribution >= 4 is 11.7 Å². The number of halogens is 1. The lowest BCUT2D eigenvalue weighted by molar-refractivity contribution is 0.102. The van der Waals surface area contributed by atoms with E-state index in [1.165, 1.54) is 36.4 Å². The predicted octanol–water partition coefficient (Wildman–Crippen LogP) is 2.12. The van der Waals surface area contributed by atoms with Crippen molar-refractivity contribution in [2.24, 2.45) is 0 Å². The maximum Gasteiger partial charge on any atom is 0.346 e. The Hall–Kier alpha value is -3.29. The Morgan fingerprint density at radius 2 is 2.00 bits per heavy atom. The summed E-state index contributed by atoms with van der Waals surface area (Å²) in [4.78, 5) is 29.9. The van der Waals surface area contributed by atoms with E-state index in [0.717, 1.165) is 0 Å². The second-order valence-corrected chi connectivity index (χ2v) is 4.77. The summed E-state index contributed by atoms with van der Waals surface area (Å²) < 4.78 is 17.8. The lowest BCUT2D eigenvalue weighted by Gasteiger charge is -2.04. The van der Waals surface area contributed by atoms with Gasteiger partial charge in [-0.15, -0.1) is 0 Å². The number of aryl methyl sites for hydroxylation is 1. The van der Waals surface area contributed by atoms with Crippen molar-refractivity contribution in [3.05, 3.63) is 64.2 Å². The average molecular weight is 314 g/mol. The van der Waals surface area contributed by atoms with Crippen molar-refractivity contribution in [3.63, 3.8) is 0 Å². The van der Waals surface area contributed by atoms with Gasteiger partial charge >= 0.3 is 5.69 Å². The van der Waals surface area contributed by atoms with E-state index >= 15 is 0 Å². The van der Waals surface area contributed by atoms with Gasteiger partial charge in [0, 0.05) is 11.6 Å². The SMILES string of the molecule is Cc1cc(NC(=O)c2cc(-c3ccc(F)cc3)nc(=O)[nH]2)no1. The van der Waals surface area contributed by atoms with Crippen LogP contribution in [-0.2, 0) is 0 Å². The fraction of sp³-hybridized carbons (Fsp3) is 0.0667. The van der Waals surface area contributed by atoms with Gasteiger partial charge in [-0.1, -0.05) is 5.16 Å². The van der Waals surface area contributed by atoms with E-state index in [1.807, 2.05) is 0 Å². The van der Waals surface area contributed by atoms with Gasteiger partial charge in [0.25, 0.3) is 5.91 Å². The van der Waals surface area contributed by atoms with Crippen LogP contribution in [0, 0.1) is 12.7 Å². The van der Waals surface area contributed by atoms with Crippen molar-refractivity contribution in [2.45, 2.75) is 6.92 Å². The molecule has 0 atom stereocenters. The van der Waals surface area contributed by atoms with Gasteiger partial charge < -0.3 is 14.8 Å². The Morgan fingerprint density at radius 1 is 1.26 bits per heavy atom. The van der Waals surface area contributed by atoms with Crippen LogP contribution in [0.25, 0.3) is 11.3 Å². The first-order chi connectivity index (χ1) is 11.0. The fourth-order valence-electron chi connectivity index (χ4n) is 1.96. The highest BCUT2D eigenvalue weighted by molar-refractivity contribution is 6.02. The second-order valence-electron chi connectivity index (χ2n) is 4.77. The van der Waals surface area contributed by atoms with Gasteiger partial charge in [0.2, 0.25) is 0 Å². The van der Waals surface area contributed by atoms with Crippen LogP contribution in [0.5, 0.6) is 0 Å². The van der Waals surface area contributed by atoms with Gasteiger partial charge in [-0.3, -0.25) is 4.79 Å². The molecule has 2 aromatic heterocycles. The molecule has 2 N–H and O–H groups in total. The van der Waals surface area contributed by atoms with Crippen molar-refractivity contribution in [3.8, 4) is 11.3 Å². The molecule has 0 spiro atoms. The summed E-state index contributed by atoms with van der Waals surface area (Å²) in [5.41, 5.74) is 0.0948. The molecule has 0 aliphatic carbocycles. The number of amides is 1. The first kappa shape index (κ1) is 14.6. The van der Waals surface area contributed by atoms with Crippen LogP contribution in [-0.4, -0.2) is 21.0 Å². The van der Waals surface area contributed by atoms with E-state index in [9.17, 15) is 14.0 Å². The fourth-order valence-corrected chi connectivity index (χ4v) is 1.96. The number of carbonyl (C=O) groups is 1. The minimum absolute atomic E-state index is 0.00461. The number of rotatable bonds is 3. The monoisotopic (exact) mass is 314 g/mol. The van der Waals surface area contributed by atoms with Crippen LogP contribution in [0.3, 0.4) is 0 Å². The molecule has 0 aliphatic heterocycles. The molecule has 2 heterocycles. The van der Waals surface area contributed by atoms with E-state index in [4.69, 9.17) is 4.52 Å². The van der Waals surface area contributed by atoms with Crippen molar-refractivity contribution in [1.82, 2.24) is 15.1 Å². The normalized spacial score (nSPS) is 10.5. The van der Waals surface area contributed by atoms with Crippen molar-refractivity contribution in [1.29, 1.82) is 0 Å². The first-order valence-electron chi connectivity index (χ1n) is 6.63. The molecule has 1 amide bonds. The van der Waals surface area contributed by atoms with Crippen LogP contribution in [0.4, 0.5) is 10.2 Å². The molecule has 8 heteroatoms. The Labute approximate surface area is 129 Å². The highest BCUT2D eigenvalue weighted by Crippen LogP contribution is 2.17. The number of anilines is 1. The number of nitrogens with one attached hydrogen (secondary N) is 2. The molecule has 116 valence electrons. The quantitative estimate of drug-likeness (QED) is 0.771. The Kier molecular flexibility index (Phi) is 3.71. The molecule has 0 saturated carbocycles. The summed E-state index contributed by atoms with van der Waals surface area (Å²) in [6, 6.07) is 8.38.